The van der Waals surface area contributed by atoms with E-state index in [0.717, 1.165) is 69.5 Å². The minimum absolute atomic E-state index is 0.169. The molecule has 0 spiro atoms. The fraction of sp³-hybridized carbons (Fsp3) is 0.419. The molecule has 37 heavy (non-hydrogen) atoms. The molecule has 1 heterocycles. The van der Waals surface area contributed by atoms with Crippen LogP contribution in [-0.4, -0.2) is 29.6 Å². The Morgan fingerprint density at radius 3 is 2.19 bits per heavy atom. The summed E-state index contributed by atoms with van der Waals surface area (Å²) in [6.45, 7) is 7.85. The largest absolute Gasteiger partial charge is 0.490 e. The van der Waals surface area contributed by atoms with Gasteiger partial charge < -0.3 is 14.4 Å². The van der Waals surface area contributed by atoms with Gasteiger partial charge in [0.2, 0.25) is 0 Å². The number of nitrogens with zero attached hydrogens (tertiary/aromatic N) is 1. The molecule has 2 aliphatic carbocycles. The van der Waals surface area contributed by atoms with E-state index in [0.29, 0.717) is 37.6 Å². The Balaban J connectivity index is 1.61. The Morgan fingerprint density at radius 1 is 0.919 bits per heavy atom. The maximum absolute atomic E-state index is 13.4. The van der Waals surface area contributed by atoms with Gasteiger partial charge in [0, 0.05) is 47.8 Å². The summed E-state index contributed by atoms with van der Waals surface area (Å²) in [5.41, 5.74) is 7.09. The van der Waals surface area contributed by atoms with Gasteiger partial charge in [0.15, 0.2) is 23.1 Å². The number of allylic oxidation sites excluding steroid dienone is 4. The summed E-state index contributed by atoms with van der Waals surface area (Å²) < 4.78 is 13.3. The Hall–Kier alpha value is -2.61. The van der Waals surface area contributed by atoms with Crippen molar-refractivity contribution in [3.8, 4) is 11.5 Å². The van der Waals surface area contributed by atoms with E-state index in [-0.39, 0.29) is 17.5 Å². The molecule has 2 aromatic rings. The minimum atomic E-state index is -0.341. The van der Waals surface area contributed by atoms with Crippen LogP contribution in [0.15, 0.2) is 58.9 Å². The zero-order valence-electron chi connectivity index (χ0n) is 21.9. The Labute approximate surface area is 233 Å². The highest BCUT2D eigenvalue weighted by atomic mass is 127. The normalized spacial score (nSPS) is 18.2. The minimum Gasteiger partial charge on any atom is -0.490 e. The van der Waals surface area contributed by atoms with Crippen molar-refractivity contribution in [1.29, 1.82) is 0 Å². The van der Waals surface area contributed by atoms with Gasteiger partial charge in [-0.25, -0.2) is 0 Å². The van der Waals surface area contributed by atoms with Crippen LogP contribution in [0.5, 0.6) is 11.5 Å². The molecule has 0 fully saturated rings. The van der Waals surface area contributed by atoms with E-state index in [2.05, 4.69) is 65.6 Å². The van der Waals surface area contributed by atoms with E-state index >= 15 is 0 Å². The molecule has 0 bridgehead atoms. The molecule has 1 aliphatic heterocycles. The first kappa shape index (κ1) is 26.0. The lowest BCUT2D eigenvalue weighted by molar-refractivity contribution is -0.117. The number of carbonyl (C=O) groups is 2. The molecule has 3 aliphatic rings. The van der Waals surface area contributed by atoms with Gasteiger partial charge in [-0.2, -0.15) is 0 Å². The van der Waals surface area contributed by atoms with E-state index < -0.39 is 0 Å². The number of carbonyl (C=O) groups excluding carboxylic acids is 2. The molecule has 194 valence electrons. The van der Waals surface area contributed by atoms with E-state index in [1.807, 2.05) is 19.1 Å². The molecule has 0 aromatic heterocycles. The lowest BCUT2D eigenvalue weighted by atomic mass is 9.71. The predicted molar refractivity (Wildman–Crippen MR) is 153 cm³/mol. The number of ether oxygens (including phenoxy) is 2. The number of halogens is 1. The molecule has 0 radical (unpaired) electrons. The summed E-state index contributed by atoms with van der Waals surface area (Å²) >= 11 is 2.30. The lowest BCUT2D eigenvalue weighted by Crippen LogP contribution is -2.39. The first-order valence-electron chi connectivity index (χ1n) is 13.4. The number of hydrogen-bond acceptors (Lipinski definition) is 5. The highest BCUT2D eigenvalue weighted by Crippen LogP contribution is 2.50. The van der Waals surface area contributed by atoms with Gasteiger partial charge in [0.1, 0.15) is 6.61 Å². The van der Waals surface area contributed by atoms with Crippen LogP contribution >= 0.6 is 22.6 Å². The van der Waals surface area contributed by atoms with Gasteiger partial charge in [-0.05, 0) is 92.3 Å². The predicted octanol–water partition coefficient (Wildman–Crippen LogP) is 7.01. The van der Waals surface area contributed by atoms with Gasteiger partial charge in [-0.3, -0.25) is 9.59 Å². The zero-order chi connectivity index (χ0) is 26.1. The van der Waals surface area contributed by atoms with Crippen molar-refractivity contribution in [3.63, 3.8) is 0 Å². The first-order valence-corrected chi connectivity index (χ1v) is 14.4. The number of hydrogen-bond donors (Lipinski definition) is 0. The number of rotatable bonds is 7. The van der Waals surface area contributed by atoms with Gasteiger partial charge in [0.05, 0.1) is 10.2 Å². The molecule has 0 saturated carbocycles. The van der Waals surface area contributed by atoms with Crippen molar-refractivity contribution in [2.75, 3.05) is 13.2 Å². The van der Waals surface area contributed by atoms with Crippen LogP contribution in [0.2, 0.25) is 0 Å². The number of aryl methyl sites for hydroxylation is 1. The van der Waals surface area contributed by atoms with E-state index in [4.69, 9.17) is 9.47 Å². The van der Waals surface area contributed by atoms with Crippen LogP contribution in [0.4, 0.5) is 0 Å². The average molecular weight is 612 g/mol. The molecule has 2 aromatic carbocycles. The second-order valence-corrected chi connectivity index (χ2v) is 11.2. The smallest absolute Gasteiger partial charge is 0.174 e. The Kier molecular flexibility index (Phi) is 7.75. The van der Waals surface area contributed by atoms with Crippen molar-refractivity contribution in [2.24, 2.45) is 0 Å². The summed E-state index contributed by atoms with van der Waals surface area (Å²) in [5.74, 6) is 1.36. The Bertz CT molecular complexity index is 1260. The highest BCUT2D eigenvalue weighted by molar-refractivity contribution is 14.1. The van der Waals surface area contributed by atoms with Crippen LogP contribution < -0.4 is 9.47 Å². The monoisotopic (exact) mass is 611 g/mol. The van der Waals surface area contributed by atoms with E-state index in [9.17, 15) is 9.59 Å². The molecule has 0 N–H and O–H groups in total. The third kappa shape index (κ3) is 4.97. The summed E-state index contributed by atoms with van der Waals surface area (Å²) in [6.07, 6.45) is 4.57. The summed E-state index contributed by atoms with van der Waals surface area (Å²) in [6, 6.07) is 12.4. The fourth-order valence-corrected chi connectivity index (χ4v) is 6.83. The quantitative estimate of drug-likeness (QED) is 0.316. The topological polar surface area (TPSA) is 55.8 Å². The fourth-order valence-electron chi connectivity index (χ4n) is 6.05. The molecule has 0 unspecified atom stereocenters. The molecular formula is C31H34INO4. The van der Waals surface area contributed by atoms with E-state index in [1.54, 1.807) is 0 Å². The first-order chi connectivity index (χ1) is 17.9. The summed E-state index contributed by atoms with van der Waals surface area (Å²) in [4.78, 5) is 29.1. The van der Waals surface area contributed by atoms with Crippen LogP contribution in [0.1, 0.15) is 75.0 Å². The van der Waals surface area contributed by atoms with Crippen LogP contribution in [0, 0.1) is 10.5 Å². The zero-order valence-corrected chi connectivity index (χ0v) is 24.0. The maximum Gasteiger partial charge on any atom is 0.174 e. The number of benzene rings is 2. The molecule has 0 saturated heterocycles. The van der Waals surface area contributed by atoms with Gasteiger partial charge in [0.25, 0.3) is 0 Å². The van der Waals surface area contributed by atoms with Gasteiger partial charge in [-0.1, -0.05) is 29.8 Å². The molecule has 5 rings (SSSR count). The standard InChI is InChI=1S/C31H34INO4/c1-4-33-23-11-7-13-25(34)29(23)28(30-24(33)12-8-14-26(30)35)21-16-22(32)31(27(17-21)36-5-2)37-18-20-10-6-9-19(3)15-20/h6,9-10,15-17,28H,4-5,7-8,11-14,18H2,1-3H3. The van der Waals surface area contributed by atoms with Gasteiger partial charge in [-0.15, -0.1) is 0 Å². The SMILES string of the molecule is CCOc1cc(C2C3=C(CCCC3=O)N(CC)C3=C2C(=O)CCC3)cc(I)c1OCc1cccc(C)c1. The molecule has 0 atom stereocenters. The van der Waals surface area contributed by atoms with Crippen molar-refractivity contribution in [3.05, 3.63) is 79.2 Å². The highest BCUT2D eigenvalue weighted by Gasteiger charge is 2.43. The molecular weight excluding hydrogens is 577 g/mol. The van der Waals surface area contributed by atoms with Crippen LogP contribution in [0.25, 0.3) is 0 Å². The van der Waals surface area contributed by atoms with E-state index in [1.165, 1.54) is 5.56 Å². The molecule has 6 heteroatoms. The van der Waals surface area contributed by atoms with Crippen molar-refractivity contribution in [2.45, 2.75) is 71.8 Å². The average Bonchev–Trinajstić information content (AvgIpc) is 2.87. The molecule has 5 nitrogen and oxygen atoms in total. The Morgan fingerprint density at radius 2 is 1.59 bits per heavy atom. The third-order valence-electron chi connectivity index (χ3n) is 7.53. The van der Waals surface area contributed by atoms with Gasteiger partial charge >= 0.3 is 0 Å². The third-order valence-corrected chi connectivity index (χ3v) is 8.33. The maximum atomic E-state index is 13.4. The lowest BCUT2D eigenvalue weighted by Gasteiger charge is -2.43. The van der Waals surface area contributed by atoms with Crippen molar-refractivity contribution < 1.29 is 19.1 Å². The number of ketones is 2. The number of Topliss-reactive ketones (excluding diaryl/α,β-unsaturated/α-hetero) is 2. The van der Waals surface area contributed by atoms with Crippen LogP contribution in [-0.2, 0) is 16.2 Å². The molecule has 0 amide bonds. The van der Waals surface area contributed by atoms with Crippen molar-refractivity contribution in [1.82, 2.24) is 4.90 Å². The summed E-state index contributed by atoms with van der Waals surface area (Å²) in [7, 11) is 0. The van der Waals surface area contributed by atoms with Crippen LogP contribution in [0.3, 0.4) is 0 Å². The second kappa shape index (κ2) is 11.0. The second-order valence-electron chi connectivity index (χ2n) is 9.99. The summed E-state index contributed by atoms with van der Waals surface area (Å²) in [5, 5.41) is 0. The van der Waals surface area contributed by atoms with Crippen molar-refractivity contribution >= 4 is 34.2 Å².